The number of nitrogens with zero attached hydrogens (tertiary/aromatic N) is 1. The van der Waals surface area contributed by atoms with Crippen LogP contribution in [0.5, 0.6) is 0 Å². The van der Waals surface area contributed by atoms with Crippen LogP contribution in [0.15, 0.2) is 35.3 Å². The number of pyridine rings is 1. The number of ether oxygens (including phenoxy) is 1. The number of nitrogens with one attached hydrogen (secondary N) is 3. The molecule has 0 spiro atoms. The maximum absolute atomic E-state index is 12.8. The minimum absolute atomic E-state index is 0.0985. The molecule has 0 aliphatic carbocycles. The van der Waals surface area contributed by atoms with E-state index in [-0.39, 0.29) is 23.9 Å². The Morgan fingerprint density at radius 3 is 2.36 bits per heavy atom. The van der Waals surface area contributed by atoms with Crippen LogP contribution >= 0.6 is 0 Å². The lowest BCUT2D eigenvalue weighted by atomic mass is 9.88. The number of hydrogen-bond acceptors (Lipinski definition) is 7. The molecule has 198 valence electrons. The van der Waals surface area contributed by atoms with Gasteiger partial charge in [-0.05, 0) is 36.8 Å². The number of hydrogen-bond donors (Lipinski definition) is 4. The summed E-state index contributed by atoms with van der Waals surface area (Å²) in [6.07, 6.45) is 4.25. The van der Waals surface area contributed by atoms with Gasteiger partial charge in [-0.2, -0.15) is 0 Å². The minimum atomic E-state index is -1.14. The number of anilines is 1. The Morgan fingerprint density at radius 1 is 1.14 bits per heavy atom. The SMILES string of the molecule is COC(=O)[C@H](CC(C)(C)C)NC(=O)Cn1cccc(NC(=O)C(CCC=CC(=O)O)NC(C)=O)c1=O. The Bertz CT molecular complexity index is 1050. The van der Waals surface area contributed by atoms with Gasteiger partial charge in [-0.3, -0.25) is 19.2 Å². The van der Waals surface area contributed by atoms with Gasteiger partial charge in [0.1, 0.15) is 24.3 Å². The summed E-state index contributed by atoms with van der Waals surface area (Å²) in [6, 6.07) is 0.895. The van der Waals surface area contributed by atoms with Crippen molar-refractivity contribution >= 4 is 35.3 Å². The summed E-state index contributed by atoms with van der Waals surface area (Å²) in [5.41, 5.74) is -1.06. The number of carbonyl (C=O) groups excluding carboxylic acids is 4. The van der Waals surface area contributed by atoms with Crippen LogP contribution in [0, 0.1) is 5.41 Å². The lowest BCUT2D eigenvalue weighted by Crippen LogP contribution is -2.46. The average Bonchev–Trinajstić information content (AvgIpc) is 2.76. The smallest absolute Gasteiger partial charge is 0.328 e. The Hall–Kier alpha value is -3.96. The summed E-state index contributed by atoms with van der Waals surface area (Å²) in [6.45, 7) is 6.53. The number of amides is 3. The molecular weight excluding hydrogens is 472 g/mol. The number of allylic oxidation sites excluding steroid dienone is 1. The quantitative estimate of drug-likeness (QED) is 0.238. The highest BCUT2D eigenvalue weighted by molar-refractivity contribution is 5.96. The monoisotopic (exact) mass is 506 g/mol. The van der Waals surface area contributed by atoms with Crippen molar-refractivity contribution in [2.45, 2.75) is 65.6 Å². The van der Waals surface area contributed by atoms with Crippen molar-refractivity contribution in [2.24, 2.45) is 5.41 Å². The van der Waals surface area contributed by atoms with Crippen molar-refractivity contribution in [3.8, 4) is 0 Å². The molecule has 4 N–H and O–H groups in total. The van der Waals surface area contributed by atoms with Crippen molar-refractivity contribution in [2.75, 3.05) is 12.4 Å². The maximum atomic E-state index is 12.8. The zero-order valence-corrected chi connectivity index (χ0v) is 21.1. The van der Waals surface area contributed by atoms with Crippen LogP contribution in [-0.2, 0) is 35.3 Å². The van der Waals surface area contributed by atoms with E-state index in [2.05, 4.69) is 16.0 Å². The summed E-state index contributed by atoms with van der Waals surface area (Å²) in [5, 5.41) is 16.1. The molecule has 12 nitrogen and oxygen atoms in total. The molecule has 0 saturated carbocycles. The first-order valence-corrected chi connectivity index (χ1v) is 11.3. The third-order valence-corrected chi connectivity index (χ3v) is 4.81. The van der Waals surface area contributed by atoms with E-state index in [1.54, 1.807) is 0 Å². The van der Waals surface area contributed by atoms with Crippen LogP contribution in [-0.4, -0.2) is 58.5 Å². The second-order valence-corrected chi connectivity index (χ2v) is 9.32. The van der Waals surface area contributed by atoms with Crippen molar-refractivity contribution in [1.29, 1.82) is 0 Å². The van der Waals surface area contributed by atoms with Crippen LogP contribution in [0.2, 0.25) is 0 Å². The van der Waals surface area contributed by atoms with Crippen LogP contribution in [0.25, 0.3) is 0 Å². The molecule has 0 saturated heterocycles. The highest BCUT2D eigenvalue weighted by Crippen LogP contribution is 2.21. The molecule has 1 unspecified atom stereocenters. The van der Waals surface area contributed by atoms with Gasteiger partial charge < -0.3 is 30.4 Å². The first-order chi connectivity index (χ1) is 16.7. The standard InChI is InChI=1S/C24H34N4O8/c1-15(29)25-16(9-6-7-11-20(31)32)21(33)27-17-10-8-12-28(22(17)34)14-19(30)26-18(23(35)36-5)13-24(2,3)4/h7-8,10-12,16,18H,6,9,13-14H2,1-5H3,(H,25,29)(H,26,30)(H,27,33)(H,31,32)/t16?,18-/m0/s1. The third kappa shape index (κ3) is 11.0. The Labute approximate surface area is 209 Å². The van der Waals surface area contributed by atoms with Gasteiger partial charge in [-0.15, -0.1) is 0 Å². The molecule has 36 heavy (non-hydrogen) atoms. The fraction of sp³-hybridized carbons (Fsp3) is 0.500. The number of carboxylic acids is 1. The maximum Gasteiger partial charge on any atom is 0.328 e. The van der Waals surface area contributed by atoms with E-state index in [0.29, 0.717) is 6.42 Å². The fourth-order valence-electron chi connectivity index (χ4n) is 3.28. The highest BCUT2D eigenvalue weighted by Gasteiger charge is 2.27. The van der Waals surface area contributed by atoms with Gasteiger partial charge in [-0.1, -0.05) is 26.8 Å². The fourth-order valence-corrected chi connectivity index (χ4v) is 3.28. The van der Waals surface area contributed by atoms with E-state index >= 15 is 0 Å². The first kappa shape index (κ1) is 30.1. The molecule has 0 aliphatic rings. The van der Waals surface area contributed by atoms with E-state index in [0.717, 1.165) is 10.6 Å². The largest absolute Gasteiger partial charge is 0.478 e. The second kappa shape index (κ2) is 13.8. The van der Waals surface area contributed by atoms with Gasteiger partial charge >= 0.3 is 11.9 Å². The van der Waals surface area contributed by atoms with Crippen LogP contribution in [0.3, 0.4) is 0 Å². The Balaban J connectivity index is 2.96. The third-order valence-electron chi connectivity index (χ3n) is 4.81. The zero-order valence-electron chi connectivity index (χ0n) is 21.1. The van der Waals surface area contributed by atoms with Gasteiger partial charge in [0, 0.05) is 19.2 Å². The summed E-state index contributed by atoms with van der Waals surface area (Å²) >= 11 is 0. The number of esters is 1. The van der Waals surface area contributed by atoms with Crippen LogP contribution < -0.4 is 21.5 Å². The Kier molecular flexibility index (Phi) is 11.5. The molecular formula is C24H34N4O8. The van der Waals surface area contributed by atoms with Gasteiger partial charge in [0.15, 0.2) is 0 Å². The van der Waals surface area contributed by atoms with E-state index < -0.39 is 53.8 Å². The number of rotatable bonds is 12. The number of carbonyl (C=O) groups is 5. The first-order valence-electron chi connectivity index (χ1n) is 11.3. The summed E-state index contributed by atoms with van der Waals surface area (Å²) < 4.78 is 5.83. The van der Waals surface area contributed by atoms with Crippen LogP contribution in [0.4, 0.5) is 5.69 Å². The van der Waals surface area contributed by atoms with Crippen molar-refractivity contribution in [1.82, 2.24) is 15.2 Å². The van der Waals surface area contributed by atoms with Crippen molar-refractivity contribution < 1.29 is 33.8 Å². The van der Waals surface area contributed by atoms with E-state index in [4.69, 9.17) is 9.84 Å². The lowest BCUT2D eigenvalue weighted by Gasteiger charge is -2.25. The molecule has 12 heteroatoms. The van der Waals surface area contributed by atoms with Gasteiger partial charge in [0.05, 0.1) is 7.11 Å². The highest BCUT2D eigenvalue weighted by atomic mass is 16.5. The molecule has 0 bridgehead atoms. The lowest BCUT2D eigenvalue weighted by molar-refractivity contribution is -0.146. The number of aliphatic carboxylic acids is 1. The van der Waals surface area contributed by atoms with E-state index in [1.807, 2.05) is 20.8 Å². The minimum Gasteiger partial charge on any atom is -0.478 e. The molecule has 2 atom stereocenters. The van der Waals surface area contributed by atoms with Crippen molar-refractivity contribution in [3.05, 3.63) is 40.8 Å². The molecule has 0 radical (unpaired) electrons. The molecule has 0 aliphatic heterocycles. The predicted molar refractivity (Wildman–Crippen MR) is 131 cm³/mol. The van der Waals surface area contributed by atoms with Gasteiger partial charge in [-0.25, -0.2) is 9.59 Å². The van der Waals surface area contributed by atoms with E-state index in [1.165, 1.54) is 38.4 Å². The number of carboxylic acid groups (broad SMARTS) is 1. The molecule has 1 aromatic heterocycles. The molecule has 1 heterocycles. The zero-order chi connectivity index (χ0) is 27.5. The molecule has 0 fully saturated rings. The average molecular weight is 507 g/mol. The summed E-state index contributed by atoms with van der Waals surface area (Å²) in [4.78, 5) is 72.3. The summed E-state index contributed by atoms with van der Waals surface area (Å²) in [7, 11) is 1.22. The number of methoxy groups -OCH3 is 1. The normalized spacial score (nSPS) is 12.9. The molecule has 1 aromatic rings. The van der Waals surface area contributed by atoms with E-state index in [9.17, 15) is 28.8 Å². The molecule has 3 amide bonds. The van der Waals surface area contributed by atoms with Crippen molar-refractivity contribution in [3.63, 3.8) is 0 Å². The van der Waals surface area contributed by atoms with Gasteiger partial charge in [0.25, 0.3) is 5.56 Å². The summed E-state index contributed by atoms with van der Waals surface area (Å²) in [5.74, 6) is -3.49. The Morgan fingerprint density at radius 2 is 1.81 bits per heavy atom. The molecule has 1 rings (SSSR count). The topological polar surface area (TPSA) is 173 Å². The number of aromatic nitrogens is 1. The van der Waals surface area contributed by atoms with Crippen LogP contribution in [0.1, 0.15) is 47.0 Å². The molecule has 0 aromatic carbocycles. The predicted octanol–water partition coefficient (Wildman–Crippen LogP) is 0.807. The van der Waals surface area contributed by atoms with Gasteiger partial charge in [0.2, 0.25) is 17.7 Å². The second-order valence-electron chi connectivity index (χ2n) is 9.32.